The van der Waals surface area contributed by atoms with Gasteiger partial charge in [0.25, 0.3) is 0 Å². The van der Waals surface area contributed by atoms with Crippen LogP contribution in [0.3, 0.4) is 0 Å². The van der Waals surface area contributed by atoms with E-state index in [-0.39, 0.29) is 0 Å². The monoisotopic (exact) mass is 144 g/mol. The van der Waals surface area contributed by atoms with Gasteiger partial charge in [0.05, 0.1) is 13.4 Å². The van der Waals surface area contributed by atoms with Crippen molar-refractivity contribution >= 4 is 11.8 Å². The second-order valence-electron chi connectivity index (χ2n) is 1.55. The van der Waals surface area contributed by atoms with Crippen molar-refractivity contribution in [1.82, 2.24) is 0 Å². The van der Waals surface area contributed by atoms with Crippen molar-refractivity contribution in [1.29, 1.82) is 0 Å². The van der Waals surface area contributed by atoms with Gasteiger partial charge in [0.2, 0.25) is 0 Å². The first-order chi connectivity index (χ1) is 4.31. The summed E-state index contributed by atoms with van der Waals surface area (Å²) in [5, 5.41) is 0. The van der Waals surface area contributed by atoms with Gasteiger partial charge in [-0.1, -0.05) is 0 Å². The number of methoxy groups -OCH3 is 1. The van der Waals surface area contributed by atoms with Crippen molar-refractivity contribution < 1.29 is 4.74 Å². The van der Waals surface area contributed by atoms with Crippen LogP contribution in [0.2, 0.25) is 0 Å². The lowest BCUT2D eigenvalue weighted by atomic mass is 10.5. The van der Waals surface area contributed by atoms with Crippen LogP contribution in [0.25, 0.3) is 0 Å². The van der Waals surface area contributed by atoms with Gasteiger partial charge >= 0.3 is 0 Å². The lowest BCUT2D eigenvalue weighted by molar-refractivity contribution is 0.338. The van der Waals surface area contributed by atoms with E-state index >= 15 is 0 Å². The van der Waals surface area contributed by atoms with Crippen molar-refractivity contribution in [3.63, 3.8) is 0 Å². The number of thioether (sulfide) groups is 1. The first-order valence-electron chi connectivity index (χ1n) is 2.71. The standard InChI is InChI=1S/C7H12OS/c1-7(9-3)5-4-6-8-2/h4-6H,1-3H3/b6-4+,7-5+. The van der Waals surface area contributed by atoms with Crippen molar-refractivity contribution in [3.8, 4) is 0 Å². The topological polar surface area (TPSA) is 9.23 Å². The Kier molecular flexibility index (Phi) is 5.52. The Morgan fingerprint density at radius 2 is 2.22 bits per heavy atom. The van der Waals surface area contributed by atoms with Crippen LogP contribution in [-0.2, 0) is 4.74 Å². The van der Waals surface area contributed by atoms with Gasteiger partial charge in [-0.25, -0.2) is 0 Å². The molecule has 0 aliphatic rings. The maximum Gasteiger partial charge on any atom is 0.0824 e. The van der Waals surface area contributed by atoms with Gasteiger partial charge in [0.1, 0.15) is 0 Å². The van der Waals surface area contributed by atoms with Gasteiger partial charge < -0.3 is 4.74 Å². The zero-order valence-electron chi connectivity index (χ0n) is 6.05. The zero-order valence-corrected chi connectivity index (χ0v) is 6.87. The highest BCUT2D eigenvalue weighted by Crippen LogP contribution is 2.08. The summed E-state index contributed by atoms with van der Waals surface area (Å²) in [5.74, 6) is 0. The Hall–Kier alpha value is -0.370. The molecule has 0 heterocycles. The second-order valence-corrected chi connectivity index (χ2v) is 2.60. The Labute approximate surface area is 60.8 Å². The molecule has 0 aliphatic heterocycles. The van der Waals surface area contributed by atoms with Gasteiger partial charge in [-0.05, 0) is 30.2 Å². The summed E-state index contributed by atoms with van der Waals surface area (Å²) >= 11 is 1.73. The Morgan fingerprint density at radius 1 is 1.56 bits per heavy atom. The van der Waals surface area contributed by atoms with Crippen LogP contribution in [-0.4, -0.2) is 13.4 Å². The molecule has 9 heavy (non-hydrogen) atoms. The molecule has 1 nitrogen and oxygen atoms in total. The SMILES string of the molecule is CO/C=C/C=C(\C)SC. The normalized spacial score (nSPS) is 12.6. The predicted octanol–water partition coefficient (Wildman–Crippen LogP) is 2.41. The van der Waals surface area contributed by atoms with Gasteiger partial charge in [-0.3, -0.25) is 0 Å². The quantitative estimate of drug-likeness (QED) is 0.444. The molecule has 0 fully saturated rings. The van der Waals surface area contributed by atoms with Crippen molar-refractivity contribution in [2.24, 2.45) is 0 Å². The molecular formula is C7H12OS. The summed E-state index contributed by atoms with van der Waals surface area (Å²) in [6.45, 7) is 2.06. The van der Waals surface area contributed by atoms with E-state index in [1.54, 1.807) is 25.1 Å². The average Bonchev–Trinajstić information content (AvgIpc) is 1.89. The molecule has 0 aromatic rings. The molecule has 0 spiro atoms. The minimum absolute atomic E-state index is 1.28. The van der Waals surface area contributed by atoms with E-state index in [1.165, 1.54) is 4.91 Å². The fraction of sp³-hybridized carbons (Fsp3) is 0.429. The Balaban J connectivity index is 3.55. The van der Waals surface area contributed by atoms with Crippen LogP contribution in [0, 0.1) is 0 Å². The minimum Gasteiger partial charge on any atom is -0.504 e. The van der Waals surface area contributed by atoms with Crippen molar-refractivity contribution in [2.45, 2.75) is 6.92 Å². The van der Waals surface area contributed by atoms with Crippen LogP contribution in [0.4, 0.5) is 0 Å². The highest BCUT2D eigenvalue weighted by Gasteiger charge is 1.77. The highest BCUT2D eigenvalue weighted by atomic mass is 32.2. The van der Waals surface area contributed by atoms with Crippen molar-refractivity contribution in [3.05, 3.63) is 23.3 Å². The lowest BCUT2D eigenvalue weighted by Gasteiger charge is -1.88. The first-order valence-corrected chi connectivity index (χ1v) is 3.94. The highest BCUT2D eigenvalue weighted by molar-refractivity contribution is 8.02. The van der Waals surface area contributed by atoms with Crippen LogP contribution < -0.4 is 0 Å². The molecule has 0 N–H and O–H groups in total. The molecule has 0 aromatic carbocycles. The second kappa shape index (κ2) is 5.76. The molecule has 2 heteroatoms. The maximum absolute atomic E-state index is 4.70. The molecule has 0 unspecified atom stereocenters. The number of hydrogen-bond donors (Lipinski definition) is 0. The fourth-order valence-corrected chi connectivity index (χ4v) is 0.536. The van der Waals surface area contributed by atoms with Crippen LogP contribution >= 0.6 is 11.8 Å². The number of hydrogen-bond acceptors (Lipinski definition) is 2. The van der Waals surface area contributed by atoms with E-state index in [9.17, 15) is 0 Å². The number of allylic oxidation sites excluding steroid dienone is 3. The van der Waals surface area contributed by atoms with E-state index in [0.717, 1.165) is 0 Å². The molecule has 0 bridgehead atoms. The maximum atomic E-state index is 4.70. The summed E-state index contributed by atoms with van der Waals surface area (Å²) < 4.78 is 4.70. The van der Waals surface area contributed by atoms with Crippen LogP contribution in [0.15, 0.2) is 23.3 Å². The smallest absolute Gasteiger partial charge is 0.0824 e. The largest absolute Gasteiger partial charge is 0.504 e. The van der Waals surface area contributed by atoms with E-state index < -0.39 is 0 Å². The van der Waals surface area contributed by atoms with Crippen LogP contribution in [0.1, 0.15) is 6.92 Å². The number of rotatable bonds is 3. The van der Waals surface area contributed by atoms with E-state index in [2.05, 4.69) is 6.92 Å². The van der Waals surface area contributed by atoms with Gasteiger partial charge in [-0.2, -0.15) is 0 Å². The van der Waals surface area contributed by atoms with Crippen molar-refractivity contribution in [2.75, 3.05) is 13.4 Å². The average molecular weight is 144 g/mol. The lowest BCUT2D eigenvalue weighted by Crippen LogP contribution is -1.64. The molecule has 0 rings (SSSR count). The summed E-state index contributed by atoms with van der Waals surface area (Å²) in [5.41, 5.74) is 0. The van der Waals surface area contributed by atoms with Gasteiger partial charge in [-0.15, -0.1) is 11.8 Å². The third-order valence-electron chi connectivity index (χ3n) is 0.868. The van der Waals surface area contributed by atoms with E-state index in [4.69, 9.17) is 4.74 Å². The fourth-order valence-electron chi connectivity index (χ4n) is 0.321. The molecule has 0 amide bonds. The summed E-state index contributed by atoms with van der Waals surface area (Å²) in [6, 6.07) is 0. The van der Waals surface area contributed by atoms with Crippen LogP contribution in [0.5, 0.6) is 0 Å². The molecule has 0 saturated carbocycles. The summed E-state index contributed by atoms with van der Waals surface area (Å²) in [4.78, 5) is 1.28. The Bertz CT molecular complexity index is 116. The molecule has 0 radical (unpaired) electrons. The van der Waals surface area contributed by atoms with E-state index in [1.807, 2.05) is 18.4 Å². The number of ether oxygens (including phenoxy) is 1. The van der Waals surface area contributed by atoms with Gasteiger partial charge in [0, 0.05) is 0 Å². The third-order valence-corrected chi connectivity index (χ3v) is 1.65. The van der Waals surface area contributed by atoms with Gasteiger partial charge in [0.15, 0.2) is 0 Å². The molecular weight excluding hydrogens is 132 g/mol. The Morgan fingerprint density at radius 3 is 2.67 bits per heavy atom. The molecule has 0 aromatic heterocycles. The third kappa shape index (κ3) is 5.50. The van der Waals surface area contributed by atoms with E-state index in [0.29, 0.717) is 0 Å². The first kappa shape index (κ1) is 8.63. The zero-order chi connectivity index (χ0) is 7.11. The molecule has 52 valence electrons. The molecule has 0 aliphatic carbocycles. The molecule has 0 atom stereocenters. The summed E-state index contributed by atoms with van der Waals surface area (Å²) in [6.07, 6.45) is 7.59. The molecule has 0 saturated heterocycles. The minimum atomic E-state index is 1.28. The predicted molar refractivity (Wildman–Crippen MR) is 43.4 cm³/mol. The summed E-state index contributed by atoms with van der Waals surface area (Å²) in [7, 11) is 1.64.